The highest BCUT2D eigenvalue weighted by Gasteiger charge is 2.40. The fourth-order valence-electron chi connectivity index (χ4n) is 6.91. The summed E-state index contributed by atoms with van der Waals surface area (Å²) in [5, 5.41) is 5.80. The van der Waals surface area contributed by atoms with Crippen LogP contribution in [0.4, 0.5) is 5.69 Å². The summed E-state index contributed by atoms with van der Waals surface area (Å²) in [7, 11) is -3.85. The SMILES string of the molecule is CC(Oc1csc2ccccc12)(Oc1csc2ccccc12)N(CC(=O)c1ccc(OCc2ccccc2)c(N(Cc2ccccc2)S(C)(=O)=O)c1)Cc1ccccc1. The highest BCUT2D eigenvalue weighted by Crippen LogP contribution is 2.40. The number of carbonyl (C=O) groups excluding carboxylic acids is 1. The van der Waals surface area contributed by atoms with Crippen molar-refractivity contribution in [3.05, 3.63) is 191 Å². The maximum atomic E-state index is 14.8. The largest absolute Gasteiger partial charge is 0.487 e. The Hall–Kier alpha value is -5.98. The van der Waals surface area contributed by atoms with Crippen molar-refractivity contribution in [3.63, 3.8) is 0 Å². The molecule has 0 saturated heterocycles. The van der Waals surface area contributed by atoms with Gasteiger partial charge in [-0.3, -0.25) is 9.10 Å². The van der Waals surface area contributed by atoms with Gasteiger partial charge in [-0.15, -0.1) is 22.7 Å². The van der Waals surface area contributed by atoms with Gasteiger partial charge < -0.3 is 14.2 Å². The van der Waals surface area contributed by atoms with E-state index in [4.69, 9.17) is 14.2 Å². The highest BCUT2D eigenvalue weighted by atomic mass is 32.2. The lowest BCUT2D eigenvalue weighted by molar-refractivity contribution is -0.209. The average molecular weight is 839 g/mol. The number of sulfonamides is 1. The van der Waals surface area contributed by atoms with Crippen molar-refractivity contribution >= 4 is 64.3 Å². The second-order valence-electron chi connectivity index (χ2n) is 14.3. The number of benzene rings is 6. The van der Waals surface area contributed by atoms with E-state index < -0.39 is 15.9 Å². The summed E-state index contributed by atoms with van der Waals surface area (Å²) < 4.78 is 50.9. The van der Waals surface area contributed by atoms with Gasteiger partial charge in [0.15, 0.2) is 5.78 Å². The third-order valence-corrected chi connectivity index (χ3v) is 13.0. The summed E-state index contributed by atoms with van der Waals surface area (Å²) in [6, 6.07) is 49.9. The Bertz CT molecular complexity index is 2710. The van der Waals surface area contributed by atoms with Crippen LogP contribution in [0, 0.1) is 0 Å². The molecule has 0 radical (unpaired) electrons. The zero-order valence-electron chi connectivity index (χ0n) is 32.6. The van der Waals surface area contributed by atoms with Crippen LogP contribution in [0.1, 0.15) is 34.0 Å². The van der Waals surface area contributed by atoms with Crippen LogP contribution < -0.4 is 18.5 Å². The Labute approximate surface area is 352 Å². The molecule has 8 aromatic rings. The first-order valence-electron chi connectivity index (χ1n) is 19.1. The minimum absolute atomic E-state index is 0.0437. The Morgan fingerprint density at radius 3 is 1.64 bits per heavy atom. The fourth-order valence-corrected chi connectivity index (χ4v) is 9.52. The molecule has 298 valence electrons. The summed E-state index contributed by atoms with van der Waals surface area (Å²) in [4.78, 5) is 16.7. The van der Waals surface area contributed by atoms with Crippen molar-refractivity contribution in [2.75, 3.05) is 17.1 Å². The van der Waals surface area contributed by atoms with Crippen molar-refractivity contribution in [2.45, 2.75) is 32.5 Å². The van der Waals surface area contributed by atoms with Crippen LogP contribution in [-0.2, 0) is 29.7 Å². The molecule has 0 bridgehead atoms. The Morgan fingerprint density at radius 1 is 0.610 bits per heavy atom. The Balaban J connectivity index is 1.20. The number of nitrogens with zero attached hydrogens (tertiary/aromatic N) is 2. The van der Waals surface area contributed by atoms with Gasteiger partial charge in [-0.1, -0.05) is 115 Å². The lowest BCUT2D eigenvalue weighted by Gasteiger charge is -2.40. The molecule has 2 heterocycles. The van der Waals surface area contributed by atoms with Crippen LogP contribution in [-0.4, -0.2) is 37.8 Å². The number of ether oxygens (including phenoxy) is 3. The maximum absolute atomic E-state index is 14.8. The van der Waals surface area contributed by atoms with E-state index in [9.17, 15) is 13.2 Å². The number of Topliss-reactive ketones (excluding diaryl/α,β-unsaturated/α-hetero) is 1. The standard InChI is InChI=1S/C48H42N2O6S3/c1-48(55-44-33-57-46-24-14-12-22-39(44)46,56-45-34-58-47-25-15-13-23-40(45)47)49(29-35-16-6-3-7-17-35)31-42(51)38-26-27-43(54-32-37-20-10-5-11-21-37)41(28-38)50(59(2,52)53)30-36-18-8-4-9-19-36/h3-28,33-34H,29-32H2,1-2H3. The van der Waals surface area contributed by atoms with Gasteiger partial charge in [0, 0.05) is 50.0 Å². The number of thiophene rings is 2. The minimum Gasteiger partial charge on any atom is -0.487 e. The molecule has 0 N–H and O–H groups in total. The molecule has 0 amide bonds. The van der Waals surface area contributed by atoms with Crippen molar-refractivity contribution < 1.29 is 27.4 Å². The second kappa shape index (κ2) is 17.5. The molecule has 0 spiro atoms. The molecule has 6 aromatic carbocycles. The number of ketones is 1. The molecular weight excluding hydrogens is 797 g/mol. The van der Waals surface area contributed by atoms with Crippen LogP contribution in [0.3, 0.4) is 0 Å². The predicted octanol–water partition coefficient (Wildman–Crippen LogP) is 11.2. The molecule has 2 aromatic heterocycles. The number of hydrogen-bond donors (Lipinski definition) is 0. The molecular formula is C48H42N2O6S3. The Morgan fingerprint density at radius 2 is 1.10 bits per heavy atom. The summed E-state index contributed by atoms with van der Waals surface area (Å²) in [6.45, 7) is 2.25. The highest BCUT2D eigenvalue weighted by molar-refractivity contribution is 7.92. The lowest BCUT2D eigenvalue weighted by Crippen LogP contribution is -2.56. The number of anilines is 1. The van der Waals surface area contributed by atoms with Gasteiger partial charge in [-0.25, -0.2) is 13.3 Å². The van der Waals surface area contributed by atoms with Crippen LogP contribution in [0.5, 0.6) is 17.2 Å². The van der Waals surface area contributed by atoms with Crippen molar-refractivity contribution in [1.29, 1.82) is 0 Å². The fraction of sp³-hybridized carbons (Fsp3) is 0.146. The molecule has 8 nitrogen and oxygen atoms in total. The molecule has 8 rings (SSSR count). The van der Waals surface area contributed by atoms with E-state index in [1.807, 2.05) is 162 Å². The van der Waals surface area contributed by atoms with E-state index >= 15 is 0 Å². The van der Waals surface area contributed by atoms with E-state index in [1.54, 1.807) is 40.9 Å². The summed E-state index contributed by atoms with van der Waals surface area (Å²) in [5.41, 5.74) is 3.21. The second-order valence-corrected chi connectivity index (χ2v) is 18.0. The zero-order chi connectivity index (χ0) is 40.8. The first-order chi connectivity index (χ1) is 28.6. The van der Waals surface area contributed by atoms with Gasteiger partial charge in [0.25, 0.3) is 0 Å². The molecule has 0 aliphatic heterocycles. The van der Waals surface area contributed by atoms with Crippen LogP contribution >= 0.6 is 22.7 Å². The van der Waals surface area contributed by atoms with E-state index in [2.05, 4.69) is 0 Å². The summed E-state index contributed by atoms with van der Waals surface area (Å²) in [5.74, 6) is -0.186. The number of fused-ring (bicyclic) bond motifs is 2. The topological polar surface area (TPSA) is 85.4 Å². The number of carbonyl (C=O) groups is 1. The molecule has 0 unspecified atom stereocenters. The molecule has 0 fully saturated rings. The molecule has 0 aliphatic rings. The van der Waals surface area contributed by atoms with E-state index in [1.165, 1.54) is 4.31 Å². The third kappa shape index (κ3) is 9.34. The molecule has 0 atom stereocenters. The first kappa shape index (κ1) is 39.8. The normalized spacial score (nSPS) is 11.8. The van der Waals surface area contributed by atoms with Gasteiger partial charge >= 0.3 is 5.91 Å². The third-order valence-electron chi connectivity index (χ3n) is 9.97. The monoisotopic (exact) mass is 838 g/mol. The summed E-state index contributed by atoms with van der Waals surface area (Å²) >= 11 is 3.15. The van der Waals surface area contributed by atoms with E-state index in [-0.39, 0.29) is 31.2 Å². The first-order valence-corrected chi connectivity index (χ1v) is 22.7. The van der Waals surface area contributed by atoms with Gasteiger partial charge in [0.1, 0.15) is 23.9 Å². The number of rotatable bonds is 17. The van der Waals surface area contributed by atoms with Gasteiger partial charge in [-0.2, -0.15) is 0 Å². The smallest absolute Gasteiger partial charge is 0.313 e. The van der Waals surface area contributed by atoms with Gasteiger partial charge in [0.2, 0.25) is 10.0 Å². The van der Waals surface area contributed by atoms with Crippen LogP contribution in [0.2, 0.25) is 0 Å². The quantitative estimate of drug-likeness (QED) is 0.0667. The predicted molar refractivity (Wildman–Crippen MR) is 239 cm³/mol. The van der Waals surface area contributed by atoms with E-state index in [0.29, 0.717) is 29.4 Å². The van der Waals surface area contributed by atoms with Crippen LogP contribution in [0.15, 0.2) is 168 Å². The van der Waals surface area contributed by atoms with E-state index in [0.717, 1.165) is 43.1 Å². The zero-order valence-corrected chi connectivity index (χ0v) is 35.0. The maximum Gasteiger partial charge on any atom is 0.313 e. The van der Waals surface area contributed by atoms with Crippen molar-refractivity contribution in [1.82, 2.24) is 4.90 Å². The molecule has 0 aliphatic carbocycles. The van der Waals surface area contributed by atoms with Crippen LogP contribution in [0.25, 0.3) is 20.2 Å². The van der Waals surface area contributed by atoms with Crippen molar-refractivity contribution in [3.8, 4) is 17.2 Å². The number of hydrogen-bond acceptors (Lipinski definition) is 9. The van der Waals surface area contributed by atoms with Gasteiger partial charge in [-0.05, 0) is 59.2 Å². The molecule has 59 heavy (non-hydrogen) atoms. The molecule has 0 saturated carbocycles. The Kier molecular flexibility index (Phi) is 11.8. The minimum atomic E-state index is -3.85. The molecule has 11 heteroatoms. The average Bonchev–Trinajstić information content (AvgIpc) is 3.86. The summed E-state index contributed by atoms with van der Waals surface area (Å²) in [6.07, 6.45) is 1.16. The lowest BCUT2D eigenvalue weighted by atomic mass is 10.1. The van der Waals surface area contributed by atoms with Gasteiger partial charge in [0.05, 0.1) is 25.0 Å². The van der Waals surface area contributed by atoms with Crippen molar-refractivity contribution in [2.24, 2.45) is 0 Å².